The molecular formula is C17H22N4. The van der Waals surface area contributed by atoms with E-state index in [2.05, 4.69) is 51.0 Å². The van der Waals surface area contributed by atoms with Gasteiger partial charge < -0.3 is 0 Å². The first-order valence-electron chi connectivity index (χ1n) is 7.60. The molecule has 2 aromatic heterocycles. The van der Waals surface area contributed by atoms with E-state index in [4.69, 9.17) is 0 Å². The van der Waals surface area contributed by atoms with Crippen molar-refractivity contribution in [3.63, 3.8) is 0 Å². The summed E-state index contributed by atoms with van der Waals surface area (Å²) in [6.07, 6.45) is 3.75. The van der Waals surface area contributed by atoms with Gasteiger partial charge in [-0.2, -0.15) is 0 Å². The Bertz CT molecular complexity index is 535. The lowest BCUT2D eigenvalue weighted by molar-refractivity contribution is 0.0956. The van der Waals surface area contributed by atoms with E-state index in [0.29, 0.717) is 6.04 Å². The Morgan fingerprint density at radius 1 is 0.952 bits per heavy atom. The Morgan fingerprint density at radius 3 is 2.29 bits per heavy atom. The minimum Gasteiger partial charge on any atom is -0.295 e. The molecule has 3 rings (SSSR count). The summed E-state index contributed by atoms with van der Waals surface area (Å²) < 4.78 is 0. The number of hydrogen-bond donors (Lipinski definition) is 0. The van der Waals surface area contributed by atoms with Crippen LogP contribution in [-0.4, -0.2) is 45.9 Å². The molecule has 1 saturated heterocycles. The van der Waals surface area contributed by atoms with Gasteiger partial charge in [-0.1, -0.05) is 12.1 Å². The normalized spacial score (nSPS) is 18.5. The minimum absolute atomic E-state index is 0.392. The van der Waals surface area contributed by atoms with Gasteiger partial charge in [0.1, 0.15) is 0 Å². The maximum Gasteiger partial charge on any atom is 0.0572 e. The molecule has 21 heavy (non-hydrogen) atoms. The van der Waals surface area contributed by atoms with E-state index >= 15 is 0 Å². The van der Waals surface area contributed by atoms with Gasteiger partial charge in [0.2, 0.25) is 0 Å². The number of hydrogen-bond acceptors (Lipinski definition) is 4. The van der Waals surface area contributed by atoms with Crippen LogP contribution in [0, 0.1) is 0 Å². The summed E-state index contributed by atoms with van der Waals surface area (Å²) in [7, 11) is 0. The first kappa shape index (κ1) is 14.2. The highest BCUT2D eigenvalue weighted by Crippen LogP contribution is 2.19. The Hall–Kier alpha value is -1.78. The zero-order valence-corrected chi connectivity index (χ0v) is 12.5. The summed E-state index contributed by atoms with van der Waals surface area (Å²) in [6, 6.07) is 12.7. The quantitative estimate of drug-likeness (QED) is 0.861. The van der Waals surface area contributed by atoms with E-state index < -0.39 is 0 Å². The second-order valence-corrected chi connectivity index (χ2v) is 5.56. The first-order chi connectivity index (χ1) is 10.3. The van der Waals surface area contributed by atoms with Gasteiger partial charge in [0.05, 0.1) is 11.4 Å². The third-order valence-electron chi connectivity index (χ3n) is 4.18. The van der Waals surface area contributed by atoms with Crippen LogP contribution in [0.4, 0.5) is 0 Å². The maximum absolute atomic E-state index is 4.48. The van der Waals surface area contributed by atoms with E-state index in [1.807, 2.05) is 24.5 Å². The Morgan fingerprint density at radius 2 is 1.67 bits per heavy atom. The smallest absolute Gasteiger partial charge is 0.0572 e. The van der Waals surface area contributed by atoms with Crippen LogP contribution in [0.2, 0.25) is 0 Å². The van der Waals surface area contributed by atoms with Crippen LogP contribution >= 0.6 is 0 Å². The number of aromatic nitrogens is 2. The molecule has 1 aliphatic rings. The van der Waals surface area contributed by atoms with Gasteiger partial charge in [0, 0.05) is 51.2 Å². The number of pyridine rings is 2. The van der Waals surface area contributed by atoms with Crippen LogP contribution in [0.15, 0.2) is 48.8 Å². The maximum atomic E-state index is 4.48. The van der Waals surface area contributed by atoms with E-state index in [0.717, 1.165) is 44.1 Å². The first-order valence-corrected chi connectivity index (χ1v) is 7.60. The molecule has 1 fully saturated rings. The van der Waals surface area contributed by atoms with Gasteiger partial charge in [-0.25, -0.2) is 0 Å². The Balaban J connectivity index is 1.53. The summed E-state index contributed by atoms with van der Waals surface area (Å²) in [6.45, 7) is 7.56. The van der Waals surface area contributed by atoms with Gasteiger partial charge in [-0.3, -0.25) is 19.8 Å². The van der Waals surface area contributed by atoms with Crippen LogP contribution < -0.4 is 0 Å². The molecule has 0 saturated carbocycles. The molecule has 0 amide bonds. The largest absolute Gasteiger partial charge is 0.295 e. The van der Waals surface area contributed by atoms with Crippen molar-refractivity contribution in [3.05, 3.63) is 60.2 Å². The molecule has 0 unspecified atom stereocenters. The van der Waals surface area contributed by atoms with Gasteiger partial charge in [-0.15, -0.1) is 0 Å². The van der Waals surface area contributed by atoms with Gasteiger partial charge in [0.25, 0.3) is 0 Å². The summed E-state index contributed by atoms with van der Waals surface area (Å²) in [5.74, 6) is 0. The van der Waals surface area contributed by atoms with E-state index in [-0.39, 0.29) is 0 Å². The summed E-state index contributed by atoms with van der Waals surface area (Å²) in [5, 5.41) is 0. The van der Waals surface area contributed by atoms with E-state index in [1.54, 1.807) is 0 Å². The van der Waals surface area contributed by atoms with Crippen LogP contribution in [0.1, 0.15) is 24.4 Å². The molecule has 0 bridgehead atoms. The van der Waals surface area contributed by atoms with Gasteiger partial charge in [-0.05, 0) is 31.2 Å². The average Bonchev–Trinajstić information content (AvgIpc) is 2.57. The number of piperazine rings is 1. The standard InChI is InChI=1S/C17H22N4/c1-15(17-7-3-5-9-19-17)21-12-10-20(11-13-21)14-16-6-2-4-8-18-16/h2-9,15H,10-14H2,1H3/t15-/m1/s1. The van der Waals surface area contributed by atoms with Crippen molar-refractivity contribution in [1.29, 1.82) is 0 Å². The molecule has 1 atom stereocenters. The van der Waals surface area contributed by atoms with Crippen LogP contribution in [0.3, 0.4) is 0 Å². The molecule has 0 aliphatic carbocycles. The van der Waals surface area contributed by atoms with Crippen molar-refractivity contribution in [1.82, 2.24) is 19.8 Å². The van der Waals surface area contributed by atoms with Crippen LogP contribution in [-0.2, 0) is 6.54 Å². The highest BCUT2D eigenvalue weighted by atomic mass is 15.3. The number of nitrogens with zero attached hydrogens (tertiary/aromatic N) is 4. The molecule has 0 aromatic carbocycles. The molecular weight excluding hydrogens is 260 g/mol. The van der Waals surface area contributed by atoms with Gasteiger partial charge >= 0.3 is 0 Å². The van der Waals surface area contributed by atoms with Crippen molar-refractivity contribution in [2.45, 2.75) is 19.5 Å². The SMILES string of the molecule is C[C@H](c1ccccn1)N1CCN(Cc2ccccn2)CC1. The lowest BCUT2D eigenvalue weighted by Gasteiger charge is -2.37. The van der Waals surface area contributed by atoms with E-state index in [9.17, 15) is 0 Å². The Kier molecular flexibility index (Phi) is 4.58. The predicted octanol–water partition coefficient (Wildman–Crippen LogP) is 2.36. The molecule has 1 aliphatic heterocycles. The molecule has 0 N–H and O–H groups in total. The number of rotatable bonds is 4. The van der Waals surface area contributed by atoms with Crippen molar-refractivity contribution in [2.75, 3.05) is 26.2 Å². The lowest BCUT2D eigenvalue weighted by Crippen LogP contribution is -2.46. The second-order valence-electron chi connectivity index (χ2n) is 5.56. The fourth-order valence-corrected chi connectivity index (χ4v) is 2.84. The van der Waals surface area contributed by atoms with Gasteiger partial charge in [0.15, 0.2) is 0 Å². The predicted molar refractivity (Wildman–Crippen MR) is 83.7 cm³/mol. The zero-order chi connectivity index (χ0) is 14.5. The second kappa shape index (κ2) is 6.78. The van der Waals surface area contributed by atoms with Crippen molar-refractivity contribution < 1.29 is 0 Å². The third kappa shape index (κ3) is 3.65. The van der Waals surface area contributed by atoms with Crippen LogP contribution in [0.25, 0.3) is 0 Å². The summed E-state index contributed by atoms with van der Waals surface area (Å²) in [4.78, 5) is 13.9. The molecule has 4 nitrogen and oxygen atoms in total. The molecule has 0 radical (unpaired) electrons. The lowest BCUT2D eigenvalue weighted by atomic mass is 10.1. The fraction of sp³-hybridized carbons (Fsp3) is 0.412. The molecule has 110 valence electrons. The minimum atomic E-state index is 0.392. The average molecular weight is 282 g/mol. The van der Waals surface area contributed by atoms with Crippen molar-refractivity contribution in [2.24, 2.45) is 0 Å². The third-order valence-corrected chi connectivity index (χ3v) is 4.18. The highest BCUT2D eigenvalue weighted by Gasteiger charge is 2.22. The summed E-state index contributed by atoms with van der Waals surface area (Å²) in [5.41, 5.74) is 2.32. The van der Waals surface area contributed by atoms with Crippen LogP contribution in [0.5, 0.6) is 0 Å². The molecule has 0 spiro atoms. The molecule has 3 heterocycles. The highest BCUT2D eigenvalue weighted by molar-refractivity contribution is 5.08. The summed E-state index contributed by atoms with van der Waals surface area (Å²) >= 11 is 0. The van der Waals surface area contributed by atoms with E-state index in [1.165, 1.54) is 0 Å². The Labute approximate surface area is 126 Å². The van der Waals surface area contributed by atoms with Crippen molar-refractivity contribution >= 4 is 0 Å². The topological polar surface area (TPSA) is 32.3 Å². The molecule has 2 aromatic rings. The fourth-order valence-electron chi connectivity index (χ4n) is 2.84. The monoisotopic (exact) mass is 282 g/mol. The van der Waals surface area contributed by atoms with Crippen molar-refractivity contribution in [3.8, 4) is 0 Å². The molecule has 4 heteroatoms. The zero-order valence-electron chi connectivity index (χ0n) is 12.5.